The van der Waals surface area contributed by atoms with Crippen molar-refractivity contribution in [1.82, 2.24) is 0 Å². The molecule has 2 atom stereocenters. The van der Waals surface area contributed by atoms with E-state index in [9.17, 15) is 19.4 Å². The molecule has 2 unspecified atom stereocenters. The second-order valence-electron chi connectivity index (χ2n) is 3.24. The Labute approximate surface area is 91.6 Å². The molecule has 1 aromatic rings. The summed E-state index contributed by atoms with van der Waals surface area (Å²) < 4.78 is 13.2. The first-order chi connectivity index (χ1) is 7.61. The third-order valence-electron chi connectivity index (χ3n) is 2.19. The highest BCUT2D eigenvalue weighted by Gasteiger charge is 2.22. The van der Waals surface area contributed by atoms with Crippen molar-refractivity contribution in [2.24, 2.45) is 0 Å². The highest BCUT2D eigenvalue weighted by molar-refractivity contribution is 5.77. The van der Waals surface area contributed by atoms with Crippen LogP contribution in [0.4, 0.5) is 4.39 Å². The highest BCUT2D eigenvalue weighted by atomic mass is 19.1. The lowest BCUT2D eigenvalue weighted by Gasteiger charge is -2.17. The minimum atomic E-state index is -1.45. The first kappa shape index (κ1) is 12.3. The summed E-state index contributed by atoms with van der Waals surface area (Å²) in [5.41, 5.74) is -0.315. The van der Waals surface area contributed by atoms with Gasteiger partial charge in [-0.05, 0) is 11.6 Å². The number of rotatable bonds is 4. The monoisotopic (exact) mass is 223 g/mol. The van der Waals surface area contributed by atoms with E-state index in [-0.39, 0.29) is 23.8 Å². The molecule has 0 heterocycles. The second-order valence-corrected chi connectivity index (χ2v) is 3.24. The number of aliphatic hydroxyl groups excluding tert-OH is 2. The van der Waals surface area contributed by atoms with E-state index in [1.165, 1.54) is 12.1 Å². The van der Waals surface area contributed by atoms with E-state index < -0.39 is 18.0 Å². The SMILES string of the molecule is N#CCC(O)C(O)c1cccc(F)c1C=O. The van der Waals surface area contributed by atoms with Crippen LogP contribution in [0.25, 0.3) is 0 Å². The summed E-state index contributed by atoms with van der Waals surface area (Å²) >= 11 is 0. The summed E-state index contributed by atoms with van der Waals surface area (Å²) in [7, 11) is 0. The predicted molar refractivity (Wildman–Crippen MR) is 53.0 cm³/mol. The molecule has 16 heavy (non-hydrogen) atoms. The number of benzene rings is 1. The number of carbonyl (C=O) groups excluding carboxylic acids is 1. The number of halogens is 1. The van der Waals surface area contributed by atoms with Crippen LogP contribution in [-0.2, 0) is 0 Å². The maximum atomic E-state index is 13.2. The van der Waals surface area contributed by atoms with Gasteiger partial charge in [-0.3, -0.25) is 4.79 Å². The number of carbonyl (C=O) groups is 1. The molecule has 0 fully saturated rings. The van der Waals surface area contributed by atoms with Crippen molar-refractivity contribution >= 4 is 6.29 Å². The zero-order valence-corrected chi connectivity index (χ0v) is 8.30. The number of nitriles is 1. The first-order valence-corrected chi connectivity index (χ1v) is 4.58. The molecule has 5 heteroatoms. The molecule has 0 aliphatic heterocycles. The minimum Gasteiger partial charge on any atom is -0.389 e. The average molecular weight is 223 g/mol. The van der Waals surface area contributed by atoms with Crippen LogP contribution in [-0.4, -0.2) is 22.6 Å². The van der Waals surface area contributed by atoms with Crippen LogP contribution in [0.1, 0.15) is 28.4 Å². The molecule has 0 amide bonds. The molecule has 0 aliphatic carbocycles. The minimum absolute atomic E-state index is 0.0160. The van der Waals surface area contributed by atoms with Crippen LogP contribution >= 0.6 is 0 Å². The second kappa shape index (κ2) is 5.35. The smallest absolute Gasteiger partial charge is 0.153 e. The molecule has 4 nitrogen and oxygen atoms in total. The number of hydrogen-bond donors (Lipinski definition) is 2. The van der Waals surface area contributed by atoms with E-state index >= 15 is 0 Å². The van der Waals surface area contributed by atoms with Gasteiger partial charge in [0.2, 0.25) is 0 Å². The lowest BCUT2D eigenvalue weighted by molar-refractivity contribution is 0.0211. The Morgan fingerprint density at radius 3 is 2.75 bits per heavy atom. The Balaban J connectivity index is 3.08. The van der Waals surface area contributed by atoms with Gasteiger partial charge in [0.05, 0.1) is 24.2 Å². The van der Waals surface area contributed by atoms with Crippen LogP contribution in [0.2, 0.25) is 0 Å². The topological polar surface area (TPSA) is 81.3 Å². The lowest BCUT2D eigenvalue weighted by Crippen LogP contribution is -2.19. The fourth-order valence-electron chi connectivity index (χ4n) is 1.35. The van der Waals surface area contributed by atoms with Gasteiger partial charge in [0.15, 0.2) is 6.29 Å². The van der Waals surface area contributed by atoms with Crippen molar-refractivity contribution < 1.29 is 19.4 Å². The summed E-state index contributed by atoms with van der Waals surface area (Å²) in [6.45, 7) is 0. The van der Waals surface area contributed by atoms with Gasteiger partial charge in [0.25, 0.3) is 0 Å². The van der Waals surface area contributed by atoms with Crippen molar-refractivity contribution in [3.05, 3.63) is 35.1 Å². The quantitative estimate of drug-likeness (QED) is 0.744. The van der Waals surface area contributed by atoms with Gasteiger partial charge in [-0.25, -0.2) is 4.39 Å². The fraction of sp³-hybridized carbons (Fsp3) is 0.273. The maximum absolute atomic E-state index is 13.2. The van der Waals surface area contributed by atoms with Gasteiger partial charge in [-0.2, -0.15) is 5.26 Å². The molecule has 2 N–H and O–H groups in total. The number of hydrogen-bond acceptors (Lipinski definition) is 4. The van der Waals surface area contributed by atoms with E-state index in [4.69, 9.17) is 5.26 Å². The van der Waals surface area contributed by atoms with Gasteiger partial charge in [-0.15, -0.1) is 0 Å². The van der Waals surface area contributed by atoms with Gasteiger partial charge in [0, 0.05) is 0 Å². The Hall–Kier alpha value is -1.77. The fourth-order valence-corrected chi connectivity index (χ4v) is 1.35. The first-order valence-electron chi connectivity index (χ1n) is 4.58. The van der Waals surface area contributed by atoms with Gasteiger partial charge < -0.3 is 10.2 Å². The molecule has 84 valence electrons. The molecule has 0 saturated heterocycles. The molecule has 0 saturated carbocycles. The Morgan fingerprint density at radius 2 is 2.19 bits per heavy atom. The summed E-state index contributed by atoms with van der Waals surface area (Å²) in [4.78, 5) is 10.6. The summed E-state index contributed by atoms with van der Waals surface area (Å²) in [5.74, 6) is -0.768. The molecular formula is C11H10FNO3. The van der Waals surface area contributed by atoms with Crippen molar-refractivity contribution in [2.75, 3.05) is 0 Å². The van der Waals surface area contributed by atoms with Crippen molar-refractivity contribution in [2.45, 2.75) is 18.6 Å². The standard InChI is InChI=1S/C11H10FNO3/c12-9-3-1-2-7(8(9)6-14)11(16)10(15)4-5-13/h1-3,6,10-11,15-16H,4H2. The van der Waals surface area contributed by atoms with Crippen LogP contribution in [0.15, 0.2) is 18.2 Å². The molecule has 1 aromatic carbocycles. The van der Waals surface area contributed by atoms with Gasteiger partial charge in [0.1, 0.15) is 11.9 Å². The molecular weight excluding hydrogens is 213 g/mol. The lowest BCUT2D eigenvalue weighted by atomic mass is 9.97. The molecule has 0 spiro atoms. The number of nitrogens with zero attached hydrogens (tertiary/aromatic N) is 1. The molecule has 1 rings (SSSR count). The van der Waals surface area contributed by atoms with Crippen molar-refractivity contribution in [3.63, 3.8) is 0 Å². The van der Waals surface area contributed by atoms with Crippen LogP contribution in [0.3, 0.4) is 0 Å². The Morgan fingerprint density at radius 1 is 1.50 bits per heavy atom. The third-order valence-corrected chi connectivity index (χ3v) is 2.19. The summed E-state index contributed by atoms with van der Waals surface area (Å²) in [6, 6.07) is 5.41. The largest absolute Gasteiger partial charge is 0.389 e. The van der Waals surface area contributed by atoms with E-state index in [1.807, 2.05) is 0 Å². The number of aliphatic hydroxyl groups is 2. The normalized spacial score (nSPS) is 13.9. The van der Waals surface area contributed by atoms with E-state index in [2.05, 4.69) is 0 Å². The third kappa shape index (κ3) is 2.42. The molecule has 0 aliphatic rings. The highest BCUT2D eigenvalue weighted by Crippen LogP contribution is 2.23. The van der Waals surface area contributed by atoms with Crippen LogP contribution in [0.5, 0.6) is 0 Å². The van der Waals surface area contributed by atoms with Crippen LogP contribution in [0, 0.1) is 17.1 Å². The zero-order chi connectivity index (χ0) is 12.1. The van der Waals surface area contributed by atoms with Crippen molar-refractivity contribution in [1.29, 1.82) is 5.26 Å². The van der Waals surface area contributed by atoms with E-state index in [0.29, 0.717) is 0 Å². The summed E-state index contributed by atoms with van der Waals surface area (Å²) in [6.07, 6.45) is -2.82. The average Bonchev–Trinajstić information content (AvgIpc) is 2.28. The predicted octanol–water partition coefficient (Wildman–Crippen LogP) is 0.946. The van der Waals surface area contributed by atoms with E-state index in [1.54, 1.807) is 6.07 Å². The zero-order valence-electron chi connectivity index (χ0n) is 8.30. The Bertz CT molecular complexity index is 428. The van der Waals surface area contributed by atoms with Crippen LogP contribution < -0.4 is 0 Å². The van der Waals surface area contributed by atoms with Crippen molar-refractivity contribution in [3.8, 4) is 6.07 Å². The molecule has 0 aromatic heterocycles. The molecule has 0 radical (unpaired) electrons. The van der Waals surface area contributed by atoms with Gasteiger partial charge in [-0.1, -0.05) is 12.1 Å². The maximum Gasteiger partial charge on any atom is 0.153 e. The number of aldehydes is 1. The Kier molecular flexibility index (Phi) is 4.11. The summed E-state index contributed by atoms with van der Waals surface area (Å²) in [5, 5.41) is 27.3. The van der Waals surface area contributed by atoms with E-state index in [0.717, 1.165) is 6.07 Å². The van der Waals surface area contributed by atoms with Gasteiger partial charge >= 0.3 is 0 Å². The molecule has 0 bridgehead atoms.